The molecule has 0 spiro atoms. The summed E-state index contributed by atoms with van der Waals surface area (Å²) in [7, 11) is 1.33. The second-order valence-corrected chi connectivity index (χ2v) is 5.43. The zero-order valence-corrected chi connectivity index (χ0v) is 14.1. The minimum atomic E-state index is -0.496. The molecule has 0 aliphatic carbocycles. The van der Waals surface area contributed by atoms with Gasteiger partial charge in [-0.3, -0.25) is 0 Å². The number of rotatable bonds is 4. The van der Waals surface area contributed by atoms with E-state index in [1.54, 1.807) is 42.8 Å². The minimum Gasteiger partial charge on any atom is -0.465 e. The van der Waals surface area contributed by atoms with Gasteiger partial charge in [-0.05, 0) is 31.5 Å². The molecule has 1 aromatic carbocycles. The van der Waals surface area contributed by atoms with Crippen LogP contribution in [0.5, 0.6) is 0 Å². The Morgan fingerprint density at radius 1 is 1.24 bits per heavy atom. The van der Waals surface area contributed by atoms with Crippen LogP contribution in [0.15, 0.2) is 41.9 Å². The van der Waals surface area contributed by atoms with Crippen molar-refractivity contribution in [3.8, 4) is 0 Å². The number of allylic oxidation sites excluding steroid dienone is 1. The molecule has 1 aliphatic heterocycles. The Morgan fingerprint density at radius 2 is 1.96 bits per heavy atom. The standard InChI is InChI=1S/C17H18N4O4/c1-4-25-16(23)13-10(2)20-17-18-9-19-21(17)14(13)11-5-7-12(8-6-11)15(22)24-3/h5-9,14H,4H2,1-3H3,(H,18,19,20). The predicted molar refractivity (Wildman–Crippen MR) is 88.9 cm³/mol. The Kier molecular flexibility index (Phi) is 4.51. The molecule has 2 aromatic rings. The Morgan fingerprint density at radius 3 is 2.60 bits per heavy atom. The molecule has 1 aromatic heterocycles. The van der Waals surface area contributed by atoms with Gasteiger partial charge in [-0.2, -0.15) is 10.1 Å². The second-order valence-electron chi connectivity index (χ2n) is 5.43. The van der Waals surface area contributed by atoms with Gasteiger partial charge in [-0.1, -0.05) is 12.1 Å². The smallest absolute Gasteiger partial charge is 0.338 e. The molecule has 0 radical (unpaired) electrons. The first-order valence-electron chi connectivity index (χ1n) is 7.79. The number of esters is 2. The number of anilines is 1. The van der Waals surface area contributed by atoms with Gasteiger partial charge in [0.2, 0.25) is 5.95 Å². The summed E-state index contributed by atoms with van der Waals surface area (Å²) in [6.45, 7) is 3.82. The van der Waals surface area contributed by atoms with E-state index >= 15 is 0 Å². The monoisotopic (exact) mass is 342 g/mol. The molecule has 25 heavy (non-hydrogen) atoms. The van der Waals surface area contributed by atoms with E-state index in [1.807, 2.05) is 0 Å². The van der Waals surface area contributed by atoms with Crippen LogP contribution < -0.4 is 5.32 Å². The molecular formula is C17H18N4O4. The number of carbonyl (C=O) groups is 2. The quantitative estimate of drug-likeness (QED) is 0.848. The van der Waals surface area contributed by atoms with E-state index in [0.717, 1.165) is 5.56 Å². The van der Waals surface area contributed by atoms with Gasteiger partial charge < -0.3 is 14.8 Å². The van der Waals surface area contributed by atoms with Gasteiger partial charge in [0.05, 0.1) is 24.9 Å². The number of benzene rings is 1. The summed E-state index contributed by atoms with van der Waals surface area (Å²) < 4.78 is 11.5. The van der Waals surface area contributed by atoms with Gasteiger partial charge in [-0.25, -0.2) is 14.3 Å². The van der Waals surface area contributed by atoms with Crippen molar-refractivity contribution >= 4 is 17.9 Å². The molecule has 1 unspecified atom stereocenters. The van der Waals surface area contributed by atoms with E-state index < -0.39 is 18.0 Å². The largest absolute Gasteiger partial charge is 0.465 e. The summed E-state index contributed by atoms with van der Waals surface area (Å²) in [6.07, 6.45) is 1.42. The lowest BCUT2D eigenvalue weighted by molar-refractivity contribution is -0.139. The summed E-state index contributed by atoms with van der Waals surface area (Å²) >= 11 is 0. The van der Waals surface area contributed by atoms with Gasteiger partial charge in [0.25, 0.3) is 0 Å². The van der Waals surface area contributed by atoms with Crippen LogP contribution in [-0.2, 0) is 14.3 Å². The summed E-state index contributed by atoms with van der Waals surface area (Å²) in [5, 5.41) is 7.29. The number of nitrogens with zero attached hydrogens (tertiary/aromatic N) is 3. The van der Waals surface area contributed by atoms with Gasteiger partial charge in [0.1, 0.15) is 12.4 Å². The number of nitrogens with one attached hydrogen (secondary N) is 1. The van der Waals surface area contributed by atoms with Gasteiger partial charge in [-0.15, -0.1) is 0 Å². The summed E-state index contributed by atoms with van der Waals surface area (Å²) in [4.78, 5) is 28.3. The lowest BCUT2D eigenvalue weighted by Crippen LogP contribution is -2.29. The van der Waals surface area contributed by atoms with Crippen molar-refractivity contribution in [2.75, 3.05) is 19.0 Å². The molecule has 0 fully saturated rings. The molecule has 130 valence electrons. The summed E-state index contributed by atoms with van der Waals surface area (Å²) in [5.74, 6) is -0.307. The number of aromatic nitrogens is 3. The predicted octanol–water partition coefficient (Wildman–Crippen LogP) is 1.92. The zero-order chi connectivity index (χ0) is 18.0. The van der Waals surface area contributed by atoms with E-state index in [0.29, 0.717) is 22.8 Å². The molecular weight excluding hydrogens is 324 g/mol. The molecule has 1 aliphatic rings. The second kappa shape index (κ2) is 6.76. The average Bonchev–Trinajstić information content (AvgIpc) is 3.08. The molecule has 0 saturated carbocycles. The SMILES string of the molecule is CCOC(=O)C1=C(C)Nc2ncnn2C1c1ccc(C(=O)OC)cc1. The fraction of sp³-hybridized carbons (Fsp3) is 0.294. The van der Waals surface area contributed by atoms with E-state index in [4.69, 9.17) is 9.47 Å². The normalized spacial score (nSPS) is 16.0. The third-order valence-electron chi connectivity index (χ3n) is 3.94. The molecule has 1 atom stereocenters. The van der Waals surface area contributed by atoms with Gasteiger partial charge >= 0.3 is 11.9 Å². The van der Waals surface area contributed by atoms with Crippen LogP contribution >= 0.6 is 0 Å². The number of hydrogen-bond donors (Lipinski definition) is 1. The first kappa shape index (κ1) is 16.7. The van der Waals surface area contributed by atoms with Crippen LogP contribution in [0.4, 0.5) is 5.95 Å². The summed E-state index contributed by atoms with van der Waals surface area (Å²) in [6, 6.07) is 6.33. The van der Waals surface area contributed by atoms with Crippen LogP contribution in [0.25, 0.3) is 0 Å². The molecule has 2 heterocycles. The van der Waals surface area contributed by atoms with Crippen molar-refractivity contribution < 1.29 is 19.1 Å². The van der Waals surface area contributed by atoms with E-state index in [-0.39, 0.29) is 6.61 Å². The fourth-order valence-electron chi connectivity index (χ4n) is 2.79. The maximum absolute atomic E-state index is 12.5. The van der Waals surface area contributed by atoms with Crippen LogP contribution in [0, 0.1) is 0 Å². The lowest BCUT2D eigenvalue weighted by Gasteiger charge is -2.28. The van der Waals surface area contributed by atoms with E-state index in [9.17, 15) is 9.59 Å². The molecule has 1 N–H and O–H groups in total. The van der Waals surface area contributed by atoms with Crippen molar-refractivity contribution in [2.45, 2.75) is 19.9 Å². The first-order valence-corrected chi connectivity index (χ1v) is 7.79. The Balaban J connectivity index is 2.07. The Labute approximate surface area is 144 Å². The van der Waals surface area contributed by atoms with Gasteiger partial charge in [0, 0.05) is 5.70 Å². The van der Waals surface area contributed by atoms with Crippen molar-refractivity contribution in [3.05, 3.63) is 53.0 Å². The maximum atomic E-state index is 12.5. The molecule has 8 nitrogen and oxygen atoms in total. The van der Waals surface area contributed by atoms with Crippen LogP contribution in [-0.4, -0.2) is 40.4 Å². The van der Waals surface area contributed by atoms with Crippen LogP contribution in [0.2, 0.25) is 0 Å². The number of hydrogen-bond acceptors (Lipinski definition) is 7. The zero-order valence-electron chi connectivity index (χ0n) is 14.1. The van der Waals surface area contributed by atoms with Crippen molar-refractivity contribution in [1.29, 1.82) is 0 Å². The third-order valence-corrected chi connectivity index (χ3v) is 3.94. The topological polar surface area (TPSA) is 95.3 Å². The molecule has 3 rings (SSSR count). The third kappa shape index (κ3) is 2.98. The van der Waals surface area contributed by atoms with Crippen molar-refractivity contribution in [1.82, 2.24) is 14.8 Å². The highest BCUT2D eigenvalue weighted by Crippen LogP contribution is 2.35. The number of ether oxygens (including phenoxy) is 2. The summed E-state index contributed by atoms with van der Waals surface area (Å²) in [5.41, 5.74) is 2.31. The van der Waals surface area contributed by atoms with E-state index in [1.165, 1.54) is 13.4 Å². The number of carbonyl (C=O) groups excluding carboxylic acids is 2. The highest BCUT2D eigenvalue weighted by atomic mass is 16.5. The number of methoxy groups -OCH3 is 1. The highest BCUT2D eigenvalue weighted by molar-refractivity contribution is 5.92. The minimum absolute atomic E-state index is 0.272. The molecule has 0 saturated heterocycles. The highest BCUT2D eigenvalue weighted by Gasteiger charge is 2.34. The molecule has 8 heteroatoms. The number of fused-ring (bicyclic) bond motifs is 1. The Hall–Kier alpha value is -3.16. The average molecular weight is 342 g/mol. The lowest BCUT2D eigenvalue weighted by atomic mass is 9.95. The van der Waals surface area contributed by atoms with Crippen molar-refractivity contribution in [2.24, 2.45) is 0 Å². The van der Waals surface area contributed by atoms with Gasteiger partial charge in [0.15, 0.2) is 0 Å². The van der Waals surface area contributed by atoms with Crippen molar-refractivity contribution in [3.63, 3.8) is 0 Å². The first-order chi connectivity index (χ1) is 12.1. The van der Waals surface area contributed by atoms with Crippen LogP contribution in [0.3, 0.4) is 0 Å². The van der Waals surface area contributed by atoms with Crippen LogP contribution in [0.1, 0.15) is 35.8 Å². The maximum Gasteiger partial charge on any atom is 0.338 e. The molecule has 0 amide bonds. The molecule has 0 bridgehead atoms. The van der Waals surface area contributed by atoms with E-state index in [2.05, 4.69) is 15.4 Å². The Bertz CT molecular complexity index is 839. The fourth-order valence-corrected chi connectivity index (χ4v) is 2.79.